The first-order valence-electron chi connectivity index (χ1n) is 11.0. The van der Waals surface area contributed by atoms with E-state index in [4.69, 9.17) is 21.1 Å². The Bertz CT molecular complexity index is 1220. The van der Waals surface area contributed by atoms with Crippen molar-refractivity contribution in [3.63, 3.8) is 0 Å². The maximum atomic E-state index is 13.3. The maximum Gasteiger partial charge on any atom is 0.332 e. The van der Waals surface area contributed by atoms with Gasteiger partial charge in [-0.2, -0.15) is 4.98 Å². The molecule has 0 radical (unpaired) electrons. The van der Waals surface area contributed by atoms with Crippen LogP contribution in [0.5, 0.6) is 6.01 Å². The molecule has 3 aromatic rings. The second-order valence-corrected chi connectivity index (χ2v) is 8.39. The molecule has 1 N–H and O–H groups in total. The van der Waals surface area contributed by atoms with E-state index < -0.39 is 11.2 Å². The second kappa shape index (κ2) is 11.9. The van der Waals surface area contributed by atoms with E-state index in [2.05, 4.69) is 9.88 Å². The van der Waals surface area contributed by atoms with Gasteiger partial charge in [-0.15, -0.1) is 12.4 Å². The van der Waals surface area contributed by atoms with Gasteiger partial charge in [-0.1, -0.05) is 23.7 Å². The van der Waals surface area contributed by atoms with E-state index in [0.29, 0.717) is 44.4 Å². The van der Waals surface area contributed by atoms with E-state index in [1.54, 1.807) is 23.7 Å². The van der Waals surface area contributed by atoms with Crippen LogP contribution in [0.25, 0.3) is 11.2 Å². The number of imidazole rings is 1. The Labute approximate surface area is 207 Å². The summed E-state index contributed by atoms with van der Waals surface area (Å²) in [4.78, 5) is 32.8. The zero-order valence-electron chi connectivity index (χ0n) is 19.0. The summed E-state index contributed by atoms with van der Waals surface area (Å²) in [5.41, 5.74) is 0.529. The molecule has 34 heavy (non-hydrogen) atoms. The monoisotopic (exact) mass is 513 g/mol. The minimum atomic E-state index is -0.475. The Hall–Kier alpha value is -2.37. The van der Waals surface area contributed by atoms with Crippen LogP contribution in [-0.4, -0.2) is 74.8 Å². The maximum absolute atomic E-state index is 13.3. The number of aryl methyl sites for hydroxylation is 1. The van der Waals surface area contributed by atoms with Crippen molar-refractivity contribution in [2.45, 2.75) is 19.5 Å². The summed E-state index contributed by atoms with van der Waals surface area (Å²) in [6.45, 7) is 4.50. The van der Waals surface area contributed by atoms with Gasteiger partial charge < -0.3 is 14.6 Å². The average Bonchev–Trinajstić information content (AvgIpc) is 3.18. The van der Waals surface area contributed by atoms with Crippen LogP contribution < -0.4 is 16.0 Å². The van der Waals surface area contributed by atoms with Crippen molar-refractivity contribution in [3.8, 4) is 6.01 Å². The molecule has 4 rings (SSSR count). The molecule has 10 nitrogen and oxygen atoms in total. The molecule has 1 aliphatic heterocycles. The van der Waals surface area contributed by atoms with Crippen LogP contribution in [0.2, 0.25) is 5.02 Å². The predicted molar refractivity (Wildman–Crippen MR) is 131 cm³/mol. The van der Waals surface area contributed by atoms with Gasteiger partial charge in [-0.05, 0) is 24.1 Å². The standard InChI is InChI=1S/C22H28ClN5O5.ClH/c1-25-19-18(20(30)27(22(25)31)7-2-11-29)28(15-16-3-5-17(23)6-4-16)21(24-19)33-14-10-26-8-12-32-13-9-26;/h3-6,29H,2,7-15H2,1H3;1H. The summed E-state index contributed by atoms with van der Waals surface area (Å²) in [6.07, 6.45) is 0.300. The third-order valence-corrected chi connectivity index (χ3v) is 5.99. The van der Waals surface area contributed by atoms with Crippen molar-refractivity contribution >= 4 is 35.2 Å². The first-order valence-corrected chi connectivity index (χ1v) is 11.4. The smallest absolute Gasteiger partial charge is 0.332 e. The number of aliphatic hydroxyl groups excluding tert-OH is 1. The van der Waals surface area contributed by atoms with E-state index in [1.165, 1.54) is 4.57 Å². The van der Waals surface area contributed by atoms with Gasteiger partial charge in [0, 0.05) is 44.9 Å². The summed E-state index contributed by atoms with van der Waals surface area (Å²) in [7, 11) is 1.58. The topological polar surface area (TPSA) is 104 Å². The lowest BCUT2D eigenvalue weighted by Crippen LogP contribution is -2.40. The lowest BCUT2D eigenvalue weighted by atomic mass is 10.2. The number of ether oxygens (including phenoxy) is 2. The summed E-state index contributed by atoms with van der Waals surface area (Å²) < 4.78 is 15.6. The Morgan fingerprint density at radius 3 is 2.50 bits per heavy atom. The minimum Gasteiger partial charge on any atom is -0.463 e. The molecular formula is C22H29Cl2N5O5. The molecule has 1 fully saturated rings. The van der Waals surface area contributed by atoms with Crippen LogP contribution in [0.15, 0.2) is 33.9 Å². The van der Waals surface area contributed by atoms with Gasteiger partial charge >= 0.3 is 5.69 Å². The van der Waals surface area contributed by atoms with Gasteiger partial charge in [0.25, 0.3) is 11.6 Å². The quantitative estimate of drug-likeness (QED) is 0.457. The van der Waals surface area contributed by atoms with E-state index in [9.17, 15) is 14.7 Å². The molecule has 2 aromatic heterocycles. The van der Waals surface area contributed by atoms with Crippen molar-refractivity contribution in [1.29, 1.82) is 0 Å². The van der Waals surface area contributed by atoms with E-state index in [1.807, 2.05) is 12.1 Å². The molecule has 3 heterocycles. The first-order chi connectivity index (χ1) is 16.0. The Morgan fingerprint density at radius 1 is 1.12 bits per heavy atom. The summed E-state index contributed by atoms with van der Waals surface area (Å²) in [6, 6.07) is 7.59. The number of aromatic nitrogens is 4. The fourth-order valence-corrected chi connectivity index (χ4v) is 4.02. The van der Waals surface area contributed by atoms with Gasteiger partial charge in [0.05, 0.1) is 19.8 Å². The molecular weight excluding hydrogens is 485 g/mol. The molecule has 0 saturated carbocycles. The number of rotatable bonds is 9. The summed E-state index contributed by atoms with van der Waals surface area (Å²) >= 11 is 6.03. The first kappa shape index (κ1) is 26.2. The fraction of sp³-hybridized carbons (Fsp3) is 0.500. The highest BCUT2D eigenvalue weighted by Crippen LogP contribution is 2.21. The van der Waals surface area contributed by atoms with Crippen LogP contribution in [0.4, 0.5) is 0 Å². The van der Waals surface area contributed by atoms with Crippen LogP contribution in [-0.2, 0) is 24.9 Å². The molecule has 1 saturated heterocycles. The highest BCUT2D eigenvalue weighted by molar-refractivity contribution is 6.30. The number of nitrogens with zero attached hydrogens (tertiary/aromatic N) is 5. The summed E-state index contributed by atoms with van der Waals surface area (Å²) in [5.74, 6) is 0. The zero-order chi connectivity index (χ0) is 23.4. The van der Waals surface area contributed by atoms with E-state index >= 15 is 0 Å². The van der Waals surface area contributed by atoms with E-state index in [0.717, 1.165) is 23.2 Å². The van der Waals surface area contributed by atoms with Crippen molar-refractivity contribution in [1.82, 2.24) is 23.6 Å². The van der Waals surface area contributed by atoms with Gasteiger partial charge in [-0.25, -0.2) is 4.79 Å². The second-order valence-electron chi connectivity index (χ2n) is 7.96. The average molecular weight is 514 g/mol. The van der Waals surface area contributed by atoms with Crippen molar-refractivity contribution < 1.29 is 14.6 Å². The molecule has 1 aromatic carbocycles. The fourth-order valence-electron chi connectivity index (χ4n) is 3.90. The van der Waals surface area contributed by atoms with Gasteiger partial charge in [0.15, 0.2) is 11.2 Å². The number of fused-ring (bicyclic) bond motifs is 1. The van der Waals surface area contributed by atoms with Crippen molar-refractivity contribution in [3.05, 3.63) is 55.7 Å². The number of benzene rings is 1. The largest absolute Gasteiger partial charge is 0.463 e. The molecule has 0 spiro atoms. The Kier molecular flexibility index (Phi) is 9.15. The molecule has 1 aliphatic rings. The zero-order valence-corrected chi connectivity index (χ0v) is 20.6. The number of hydrogen-bond acceptors (Lipinski definition) is 7. The lowest BCUT2D eigenvalue weighted by molar-refractivity contribution is 0.0315. The van der Waals surface area contributed by atoms with Crippen molar-refractivity contribution in [2.75, 3.05) is 46.1 Å². The Morgan fingerprint density at radius 2 is 1.82 bits per heavy atom. The van der Waals surface area contributed by atoms with Gasteiger partial charge in [-0.3, -0.25) is 23.4 Å². The lowest BCUT2D eigenvalue weighted by Gasteiger charge is -2.26. The molecule has 0 bridgehead atoms. The number of hydrogen-bond donors (Lipinski definition) is 1. The van der Waals surface area contributed by atoms with Crippen LogP contribution in [0.3, 0.4) is 0 Å². The molecule has 0 atom stereocenters. The molecule has 12 heteroatoms. The molecule has 0 amide bonds. The minimum absolute atomic E-state index is 0. The SMILES string of the molecule is Cl.Cn1c(=O)n(CCCO)c(=O)c2c1nc(OCCN1CCOCC1)n2Cc1ccc(Cl)cc1. The third kappa shape index (κ3) is 5.64. The van der Waals surface area contributed by atoms with Crippen LogP contribution in [0.1, 0.15) is 12.0 Å². The van der Waals surface area contributed by atoms with Crippen LogP contribution in [0, 0.1) is 0 Å². The van der Waals surface area contributed by atoms with E-state index in [-0.39, 0.29) is 42.7 Å². The molecule has 0 unspecified atom stereocenters. The Balaban J connectivity index is 0.00000324. The highest BCUT2D eigenvalue weighted by atomic mass is 35.5. The van der Waals surface area contributed by atoms with Gasteiger partial charge in [0.2, 0.25) is 0 Å². The van der Waals surface area contributed by atoms with Crippen LogP contribution >= 0.6 is 24.0 Å². The van der Waals surface area contributed by atoms with Gasteiger partial charge in [0.1, 0.15) is 6.61 Å². The highest BCUT2D eigenvalue weighted by Gasteiger charge is 2.22. The van der Waals surface area contributed by atoms with Crippen molar-refractivity contribution in [2.24, 2.45) is 7.05 Å². The summed E-state index contributed by atoms with van der Waals surface area (Å²) in [5, 5.41) is 9.80. The number of morpholine rings is 1. The molecule has 186 valence electrons. The normalized spacial score (nSPS) is 14.3. The predicted octanol–water partition coefficient (Wildman–Crippen LogP) is 1.11. The third-order valence-electron chi connectivity index (χ3n) is 5.73. The number of aliphatic hydroxyl groups is 1. The molecule has 0 aliphatic carbocycles. The number of halogens is 2.